The summed E-state index contributed by atoms with van der Waals surface area (Å²) in [7, 11) is -4.17. The van der Waals surface area contributed by atoms with E-state index < -0.39 is 33.8 Å². The highest BCUT2D eigenvalue weighted by molar-refractivity contribution is 7.85. The van der Waals surface area contributed by atoms with E-state index in [2.05, 4.69) is 10.3 Å². The fraction of sp³-hybridized carbons (Fsp3) is 0.364. The number of imide groups is 1. The summed E-state index contributed by atoms with van der Waals surface area (Å²) >= 11 is 0. The number of anilines is 1. The molecule has 0 aromatic carbocycles. The summed E-state index contributed by atoms with van der Waals surface area (Å²) < 4.78 is 43.5. The number of rotatable bonds is 4. The molecule has 10 heteroatoms. The second-order valence-corrected chi connectivity index (χ2v) is 6.02. The Morgan fingerprint density at radius 1 is 1.38 bits per heavy atom. The predicted molar refractivity (Wildman–Crippen MR) is 69.8 cm³/mol. The van der Waals surface area contributed by atoms with Crippen molar-refractivity contribution in [2.75, 3.05) is 17.2 Å². The lowest BCUT2D eigenvalue weighted by Gasteiger charge is -2.25. The Morgan fingerprint density at radius 2 is 2.10 bits per heavy atom. The molecule has 1 aliphatic rings. The lowest BCUT2D eigenvalue weighted by atomic mass is 10.2. The third-order valence-electron chi connectivity index (χ3n) is 2.82. The first kappa shape index (κ1) is 15.3. The maximum Gasteiger partial charge on any atom is 0.329 e. The van der Waals surface area contributed by atoms with E-state index in [1.54, 1.807) is 0 Å². The number of urea groups is 1. The van der Waals surface area contributed by atoms with Crippen molar-refractivity contribution in [3.8, 4) is 0 Å². The van der Waals surface area contributed by atoms with Gasteiger partial charge < -0.3 is 0 Å². The minimum atomic E-state index is -4.17. The molecule has 8 nitrogen and oxygen atoms in total. The summed E-state index contributed by atoms with van der Waals surface area (Å²) in [5.41, 5.74) is 0.264. The summed E-state index contributed by atoms with van der Waals surface area (Å²) in [4.78, 5) is 27.3. The van der Waals surface area contributed by atoms with Crippen molar-refractivity contribution in [1.29, 1.82) is 0 Å². The molecule has 0 aliphatic carbocycles. The third kappa shape index (κ3) is 4.20. The number of hydrogen-bond donors (Lipinski definition) is 2. The van der Waals surface area contributed by atoms with Gasteiger partial charge in [0.1, 0.15) is 5.82 Å². The molecule has 0 bridgehead atoms. The molecule has 1 aromatic rings. The summed E-state index contributed by atoms with van der Waals surface area (Å²) in [6, 6.07) is 1.63. The normalized spacial score (nSPS) is 16.0. The zero-order valence-corrected chi connectivity index (χ0v) is 11.6. The van der Waals surface area contributed by atoms with Crippen molar-refractivity contribution in [3.05, 3.63) is 23.6 Å². The highest BCUT2D eigenvalue weighted by Crippen LogP contribution is 2.18. The average molecular weight is 317 g/mol. The molecule has 2 rings (SSSR count). The van der Waals surface area contributed by atoms with Crippen molar-refractivity contribution < 1.29 is 27.0 Å². The lowest BCUT2D eigenvalue weighted by molar-refractivity contribution is -0.120. The summed E-state index contributed by atoms with van der Waals surface area (Å²) in [6.07, 6.45) is -0.0655. The molecule has 114 valence electrons. The number of nitrogens with zero attached hydrogens (tertiary/aromatic N) is 2. The van der Waals surface area contributed by atoms with Crippen LogP contribution in [-0.4, -0.2) is 42.2 Å². The first-order valence-corrected chi connectivity index (χ1v) is 7.58. The SMILES string of the molecule is O=C1CCN(c2cc(CCS(=O)(=O)O)cc(F)n2)C(=O)N1. The Kier molecular flexibility index (Phi) is 4.19. The molecule has 2 N–H and O–H groups in total. The maximum absolute atomic E-state index is 13.5. The molecule has 3 amide bonds. The van der Waals surface area contributed by atoms with Crippen LogP contribution in [0.15, 0.2) is 12.1 Å². The van der Waals surface area contributed by atoms with Gasteiger partial charge in [0.05, 0.1) is 5.75 Å². The van der Waals surface area contributed by atoms with Crippen LogP contribution in [0.1, 0.15) is 12.0 Å². The molecule has 0 saturated carbocycles. The number of amides is 3. The van der Waals surface area contributed by atoms with Crippen LogP contribution in [0, 0.1) is 5.95 Å². The zero-order chi connectivity index (χ0) is 15.6. The van der Waals surface area contributed by atoms with Crippen LogP contribution < -0.4 is 10.2 Å². The first-order chi connectivity index (χ1) is 9.74. The number of hydrogen-bond acceptors (Lipinski definition) is 5. The topological polar surface area (TPSA) is 117 Å². The summed E-state index contributed by atoms with van der Waals surface area (Å²) in [6.45, 7) is 0.0544. The van der Waals surface area contributed by atoms with Crippen molar-refractivity contribution >= 4 is 27.9 Å². The number of aromatic nitrogens is 1. The molecule has 21 heavy (non-hydrogen) atoms. The van der Waals surface area contributed by atoms with E-state index in [9.17, 15) is 22.4 Å². The molecule has 2 heterocycles. The monoisotopic (exact) mass is 317 g/mol. The average Bonchev–Trinajstić information content (AvgIpc) is 2.35. The summed E-state index contributed by atoms with van der Waals surface area (Å²) in [5, 5.41) is 2.07. The van der Waals surface area contributed by atoms with Crippen LogP contribution >= 0.6 is 0 Å². The van der Waals surface area contributed by atoms with Crippen LogP contribution in [-0.2, 0) is 21.3 Å². The van der Waals surface area contributed by atoms with Crippen LogP contribution in [0.5, 0.6) is 0 Å². The minimum absolute atomic E-state index is 0.0228. The fourth-order valence-corrected chi connectivity index (χ4v) is 2.34. The van der Waals surface area contributed by atoms with Gasteiger partial charge in [0.15, 0.2) is 0 Å². The number of carbonyl (C=O) groups is 2. The van der Waals surface area contributed by atoms with Gasteiger partial charge in [0.25, 0.3) is 10.1 Å². The molecule has 0 atom stereocenters. The van der Waals surface area contributed by atoms with E-state index in [4.69, 9.17) is 4.55 Å². The van der Waals surface area contributed by atoms with E-state index >= 15 is 0 Å². The Balaban J connectivity index is 2.22. The summed E-state index contributed by atoms with van der Waals surface area (Å²) in [5.74, 6) is -1.91. The van der Waals surface area contributed by atoms with Gasteiger partial charge in [-0.2, -0.15) is 12.8 Å². The zero-order valence-electron chi connectivity index (χ0n) is 10.7. The van der Waals surface area contributed by atoms with Gasteiger partial charge >= 0.3 is 6.03 Å². The Hall–Kier alpha value is -2.07. The van der Waals surface area contributed by atoms with Gasteiger partial charge in [-0.3, -0.25) is 19.6 Å². The van der Waals surface area contributed by atoms with Crippen molar-refractivity contribution in [2.24, 2.45) is 0 Å². The van der Waals surface area contributed by atoms with Crippen LogP contribution in [0.3, 0.4) is 0 Å². The van der Waals surface area contributed by atoms with Gasteiger partial charge in [-0.15, -0.1) is 0 Å². The first-order valence-electron chi connectivity index (χ1n) is 5.97. The fourth-order valence-electron chi connectivity index (χ4n) is 1.85. The van der Waals surface area contributed by atoms with Gasteiger partial charge in [-0.1, -0.05) is 0 Å². The molecular weight excluding hydrogens is 305 g/mol. The lowest BCUT2D eigenvalue weighted by Crippen LogP contribution is -2.50. The standard InChI is InChI=1S/C11H12FN3O5S/c12-8-5-7(2-4-21(18,19)20)6-9(13-8)15-3-1-10(16)14-11(15)17/h5-6H,1-4H2,(H,14,16,17)(H,18,19,20). The van der Waals surface area contributed by atoms with Gasteiger partial charge in [-0.25, -0.2) is 9.78 Å². The largest absolute Gasteiger partial charge is 0.329 e. The molecule has 0 unspecified atom stereocenters. The van der Waals surface area contributed by atoms with E-state index in [1.165, 1.54) is 6.07 Å². The second kappa shape index (κ2) is 5.74. The Morgan fingerprint density at radius 3 is 2.71 bits per heavy atom. The second-order valence-electron chi connectivity index (χ2n) is 4.45. The minimum Gasteiger partial charge on any atom is -0.286 e. The van der Waals surface area contributed by atoms with Gasteiger partial charge in [0, 0.05) is 13.0 Å². The highest BCUT2D eigenvalue weighted by Gasteiger charge is 2.25. The number of aryl methyl sites for hydroxylation is 1. The van der Waals surface area contributed by atoms with Crippen molar-refractivity contribution in [2.45, 2.75) is 12.8 Å². The van der Waals surface area contributed by atoms with E-state index in [0.29, 0.717) is 0 Å². The van der Waals surface area contributed by atoms with Crippen molar-refractivity contribution in [3.63, 3.8) is 0 Å². The quantitative estimate of drug-likeness (QED) is 0.601. The molecule has 1 saturated heterocycles. The van der Waals surface area contributed by atoms with Crippen LogP contribution in [0.25, 0.3) is 0 Å². The van der Waals surface area contributed by atoms with Crippen LogP contribution in [0.2, 0.25) is 0 Å². The molecule has 0 radical (unpaired) electrons. The smallest absolute Gasteiger partial charge is 0.286 e. The van der Waals surface area contributed by atoms with Gasteiger partial charge in [0.2, 0.25) is 11.9 Å². The Labute approximate surface area is 119 Å². The Bertz CT molecular complexity index is 691. The third-order valence-corrected chi connectivity index (χ3v) is 3.54. The van der Waals surface area contributed by atoms with E-state index in [1.807, 2.05) is 0 Å². The molecule has 0 spiro atoms. The molecule has 1 aromatic heterocycles. The number of carbonyl (C=O) groups excluding carboxylic acids is 2. The number of halogens is 1. The number of nitrogens with one attached hydrogen (secondary N) is 1. The maximum atomic E-state index is 13.5. The van der Waals surface area contributed by atoms with Gasteiger partial charge in [-0.05, 0) is 24.1 Å². The van der Waals surface area contributed by atoms with E-state index in [-0.39, 0.29) is 30.8 Å². The molecule has 1 aliphatic heterocycles. The van der Waals surface area contributed by atoms with Crippen LogP contribution in [0.4, 0.5) is 15.0 Å². The predicted octanol–water partition coefficient (Wildman–Crippen LogP) is 0.0973. The molecular formula is C11H12FN3O5S. The number of pyridine rings is 1. The molecule has 1 fully saturated rings. The highest BCUT2D eigenvalue weighted by atomic mass is 32.2. The van der Waals surface area contributed by atoms with Crippen molar-refractivity contribution in [1.82, 2.24) is 10.3 Å². The van der Waals surface area contributed by atoms with E-state index in [0.717, 1.165) is 11.0 Å².